The number of hydrogen-bond acceptors (Lipinski definition) is 4. The van der Waals surface area contributed by atoms with Gasteiger partial charge in [-0.1, -0.05) is 12.1 Å². The third-order valence-corrected chi connectivity index (χ3v) is 3.26. The number of amides is 2. The van der Waals surface area contributed by atoms with Gasteiger partial charge in [0.2, 0.25) is 0 Å². The summed E-state index contributed by atoms with van der Waals surface area (Å²) in [4.78, 5) is 22.4. The van der Waals surface area contributed by atoms with Gasteiger partial charge in [0.1, 0.15) is 5.75 Å². The molecule has 0 heterocycles. The van der Waals surface area contributed by atoms with Crippen LogP contribution in [0.1, 0.15) is 13.3 Å². The number of carboxylic acid groups (broad SMARTS) is 1. The third kappa shape index (κ3) is 6.89. The predicted octanol–water partition coefficient (Wildman–Crippen LogP) is 2.41. The van der Waals surface area contributed by atoms with E-state index < -0.39 is 12.6 Å². The van der Waals surface area contributed by atoms with Crippen LogP contribution in [0, 0.1) is 0 Å². The fourth-order valence-electron chi connectivity index (χ4n) is 1.58. The SMILES string of the molecule is CSCCC(C)NC(=O)Nc1ccccc1OCC(=O)O. The van der Waals surface area contributed by atoms with E-state index in [1.54, 1.807) is 36.0 Å². The van der Waals surface area contributed by atoms with Crippen molar-refractivity contribution in [2.45, 2.75) is 19.4 Å². The second kappa shape index (κ2) is 9.12. The number of anilines is 1. The minimum Gasteiger partial charge on any atom is -0.480 e. The summed E-state index contributed by atoms with van der Waals surface area (Å²) < 4.78 is 5.12. The van der Waals surface area contributed by atoms with Crippen LogP contribution in [0.4, 0.5) is 10.5 Å². The molecular formula is C14H20N2O4S. The topological polar surface area (TPSA) is 87.7 Å². The van der Waals surface area contributed by atoms with Crippen molar-refractivity contribution in [1.82, 2.24) is 5.32 Å². The Balaban J connectivity index is 2.57. The van der Waals surface area contributed by atoms with Crippen LogP contribution in [0.15, 0.2) is 24.3 Å². The van der Waals surface area contributed by atoms with Gasteiger partial charge in [0, 0.05) is 6.04 Å². The largest absolute Gasteiger partial charge is 0.480 e. The molecule has 21 heavy (non-hydrogen) atoms. The number of carboxylic acids is 1. The molecule has 0 saturated heterocycles. The first-order valence-electron chi connectivity index (χ1n) is 6.53. The number of nitrogens with one attached hydrogen (secondary N) is 2. The summed E-state index contributed by atoms with van der Waals surface area (Å²) in [7, 11) is 0. The van der Waals surface area contributed by atoms with E-state index in [1.807, 2.05) is 13.2 Å². The van der Waals surface area contributed by atoms with Crippen molar-refractivity contribution < 1.29 is 19.4 Å². The van der Waals surface area contributed by atoms with Crippen LogP contribution >= 0.6 is 11.8 Å². The molecule has 0 aliphatic carbocycles. The summed E-state index contributed by atoms with van der Waals surface area (Å²) in [5, 5.41) is 14.1. The number of carbonyl (C=O) groups excluding carboxylic acids is 1. The Morgan fingerprint density at radius 2 is 2.10 bits per heavy atom. The fraction of sp³-hybridized carbons (Fsp3) is 0.429. The fourth-order valence-corrected chi connectivity index (χ4v) is 2.17. The highest BCUT2D eigenvalue weighted by Crippen LogP contribution is 2.23. The van der Waals surface area contributed by atoms with Gasteiger partial charge in [0.25, 0.3) is 0 Å². The van der Waals surface area contributed by atoms with E-state index in [2.05, 4.69) is 10.6 Å². The first-order valence-corrected chi connectivity index (χ1v) is 7.92. The molecule has 0 fully saturated rings. The monoisotopic (exact) mass is 312 g/mol. The minimum absolute atomic E-state index is 0.0598. The molecule has 2 amide bonds. The Labute approximate surface area is 128 Å². The van der Waals surface area contributed by atoms with E-state index in [1.165, 1.54) is 0 Å². The molecule has 0 spiro atoms. The van der Waals surface area contributed by atoms with E-state index >= 15 is 0 Å². The zero-order valence-corrected chi connectivity index (χ0v) is 12.9. The average Bonchev–Trinajstić information content (AvgIpc) is 2.44. The van der Waals surface area contributed by atoms with Crippen molar-refractivity contribution >= 4 is 29.4 Å². The van der Waals surface area contributed by atoms with Gasteiger partial charge in [-0.25, -0.2) is 9.59 Å². The molecule has 0 aliphatic heterocycles. The van der Waals surface area contributed by atoms with E-state index in [4.69, 9.17) is 9.84 Å². The van der Waals surface area contributed by atoms with Crippen LogP contribution in [-0.4, -0.2) is 41.8 Å². The summed E-state index contributed by atoms with van der Waals surface area (Å²) in [5.74, 6) is 0.228. The molecule has 0 saturated carbocycles. The number of ether oxygens (including phenoxy) is 1. The maximum Gasteiger partial charge on any atom is 0.341 e. The van der Waals surface area contributed by atoms with Gasteiger partial charge < -0.3 is 20.5 Å². The van der Waals surface area contributed by atoms with Crippen molar-refractivity contribution in [3.8, 4) is 5.75 Å². The number of hydrogen-bond donors (Lipinski definition) is 3. The summed E-state index contributed by atoms with van der Waals surface area (Å²) >= 11 is 1.73. The molecule has 3 N–H and O–H groups in total. The Kier molecular flexibility index (Phi) is 7.45. The van der Waals surface area contributed by atoms with Crippen molar-refractivity contribution in [2.24, 2.45) is 0 Å². The van der Waals surface area contributed by atoms with Crippen molar-refractivity contribution in [1.29, 1.82) is 0 Å². The van der Waals surface area contributed by atoms with Gasteiger partial charge in [0.15, 0.2) is 6.61 Å². The summed E-state index contributed by atoms with van der Waals surface area (Å²) in [6, 6.07) is 6.43. The quantitative estimate of drug-likeness (QED) is 0.686. The Morgan fingerprint density at radius 3 is 2.76 bits per heavy atom. The van der Waals surface area contributed by atoms with Gasteiger partial charge >= 0.3 is 12.0 Å². The van der Waals surface area contributed by atoms with E-state index in [0.29, 0.717) is 11.4 Å². The standard InChI is InChI=1S/C14H20N2O4S/c1-10(7-8-21-2)15-14(19)16-11-5-3-4-6-12(11)20-9-13(17)18/h3-6,10H,7-9H2,1-2H3,(H,17,18)(H2,15,16,19). The smallest absolute Gasteiger partial charge is 0.341 e. The molecule has 7 heteroatoms. The number of urea groups is 1. The van der Waals surface area contributed by atoms with Crippen molar-refractivity contribution in [3.63, 3.8) is 0 Å². The molecule has 1 atom stereocenters. The minimum atomic E-state index is -1.07. The molecule has 6 nitrogen and oxygen atoms in total. The summed E-state index contributed by atoms with van der Waals surface area (Å²) in [5.41, 5.74) is 0.438. The predicted molar refractivity (Wildman–Crippen MR) is 84.2 cm³/mol. The van der Waals surface area contributed by atoms with Crippen LogP contribution in [0.3, 0.4) is 0 Å². The number of thioether (sulfide) groups is 1. The third-order valence-electron chi connectivity index (χ3n) is 2.62. The number of aliphatic carboxylic acids is 1. The molecule has 0 aromatic heterocycles. The Bertz CT molecular complexity index is 482. The first kappa shape index (κ1) is 17.2. The highest BCUT2D eigenvalue weighted by molar-refractivity contribution is 7.98. The molecular weight excluding hydrogens is 292 g/mol. The Hall–Kier alpha value is -1.89. The van der Waals surface area contributed by atoms with Crippen LogP contribution in [0.2, 0.25) is 0 Å². The lowest BCUT2D eigenvalue weighted by Crippen LogP contribution is -2.36. The van der Waals surface area contributed by atoms with Crippen molar-refractivity contribution in [2.75, 3.05) is 23.9 Å². The molecule has 1 rings (SSSR count). The average molecular weight is 312 g/mol. The molecule has 0 bridgehead atoms. The molecule has 1 aromatic rings. The highest BCUT2D eigenvalue weighted by Gasteiger charge is 2.10. The molecule has 1 unspecified atom stereocenters. The molecule has 0 radical (unpaired) electrons. The number of para-hydroxylation sites is 2. The van der Waals surface area contributed by atoms with E-state index in [9.17, 15) is 9.59 Å². The lowest BCUT2D eigenvalue weighted by Gasteiger charge is -2.15. The van der Waals surface area contributed by atoms with Gasteiger partial charge in [-0.05, 0) is 37.5 Å². The lowest BCUT2D eigenvalue weighted by molar-refractivity contribution is -0.139. The maximum atomic E-state index is 11.9. The molecule has 0 aliphatic rings. The first-order chi connectivity index (χ1) is 10.0. The second-order valence-corrected chi connectivity index (χ2v) is 5.45. The van der Waals surface area contributed by atoms with Gasteiger partial charge in [-0.3, -0.25) is 0 Å². The highest BCUT2D eigenvalue weighted by atomic mass is 32.2. The van der Waals surface area contributed by atoms with Gasteiger partial charge in [-0.2, -0.15) is 11.8 Å². The Morgan fingerprint density at radius 1 is 1.38 bits per heavy atom. The van der Waals surface area contributed by atoms with Crippen LogP contribution in [0.5, 0.6) is 5.75 Å². The number of carbonyl (C=O) groups is 2. The normalized spacial score (nSPS) is 11.5. The summed E-state index contributed by atoms with van der Waals surface area (Å²) in [6.07, 6.45) is 2.90. The van der Waals surface area contributed by atoms with E-state index in [-0.39, 0.29) is 12.1 Å². The van der Waals surface area contributed by atoms with Crippen LogP contribution < -0.4 is 15.4 Å². The molecule has 1 aromatic carbocycles. The van der Waals surface area contributed by atoms with E-state index in [0.717, 1.165) is 12.2 Å². The van der Waals surface area contributed by atoms with Crippen LogP contribution in [-0.2, 0) is 4.79 Å². The maximum absolute atomic E-state index is 11.9. The zero-order chi connectivity index (χ0) is 15.7. The van der Waals surface area contributed by atoms with Gasteiger partial charge in [0.05, 0.1) is 5.69 Å². The number of benzene rings is 1. The zero-order valence-electron chi connectivity index (χ0n) is 12.1. The molecule has 116 valence electrons. The second-order valence-electron chi connectivity index (χ2n) is 4.46. The van der Waals surface area contributed by atoms with Gasteiger partial charge in [-0.15, -0.1) is 0 Å². The van der Waals surface area contributed by atoms with Crippen molar-refractivity contribution in [3.05, 3.63) is 24.3 Å². The summed E-state index contributed by atoms with van der Waals surface area (Å²) in [6.45, 7) is 1.48. The van der Waals surface area contributed by atoms with Crippen LogP contribution in [0.25, 0.3) is 0 Å². The number of rotatable bonds is 8. The lowest BCUT2D eigenvalue weighted by atomic mass is 10.2.